The number of aryl methyl sites for hydroxylation is 1. The summed E-state index contributed by atoms with van der Waals surface area (Å²) in [6.07, 6.45) is -4.68. The molecule has 0 bridgehead atoms. The molecule has 0 saturated carbocycles. The van der Waals surface area contributed by atoms with Crippen LogP contribution in [0.1, 0.15) is 32.0 Å². The number of hydrogen-bond acceptors (Lipinski definition) is 2. The van der Waals surface area contributed by atoms with Crippen LogP contribution in [-0.4, -0.2) is 11.2 Å². The van der Waals surface area contributed by atoms with Crippen LogP contribution in [0.15, 0.2) is 12.1 Å². The quantitative estimate of drug-likeness (QED) is 0.852. The Hall–Kier alpha value is -1.26. The SMILES string of the molecule is CC.CCc1nc(N)ccc1CC(F)(F)F. The highest BCUT2D eigenvalue weighted by molar-refractivity contribution is 5.34. The third-order valence-corrected chi connectivity index (χ3v) is 1.82. The molecule has 2 N–H and O–H groups in total. The van der Waals surface area contributed by atoms with Crippen molar-refractivity contribution in [3.05, 3.63) is 23.4 Å². The molecule has 16 heavy (non-hydrogen) atoms. The van der Waals surface area contributed by atoms with Crippen molar-refractivity contribution in [1.29, 1.82) is 0 Å². The highest BCUT2D eigenvalue weighted by atomic mass is 19.4. The maximum atomic E-state index is 12.1. The first-order valence-electron chi connectivity index (χ1n) is 5.23. The van der Waals surface area contributed by atoms with Crippen molar-refractivity contribution < 1.29 is 13.2 Å². The Labute approximate surface area is 93.7 Å². The number of hydrogen-bond donors (Lipinski definition) is 1. The Bertz CT molecular complexity index is 321. The van der Waals surface area contributed by atoms with Crippen molar-refractivity contribution in [2.45, 2.75) is 39.8 Å². The molecular weight excluding hydrogens is 217 g/mol. The normalized spacial score (nSPS) is 10.6. The Morgan fingerprint density at radius 1 is 1.25 bits per heavy atom. The largest absolute Gasteiger partial charge is 0.393 e. The number of nitrogens with zero attached hydrogens (tertiary/aromatic N) is 1. The minimum absolute atomic E-state index is 0.203. The minimum atomic E-state index is -4.19. The molecule has 0 aliphatic heterocycles. The van der Waals surface area contributed by atoms with E-state index in [1.54, 1.807) is 6.92 Å². The molecule has 0 fully saturated rings. The van der Waals surface area contributed by atoms with Crippen LogP contribution in [0.4, 0.5) is 19.0 Å². The molecule has 0 aliphatic carbocycles. The highest BCUT2D eigenvalue weighted by Crippen LogP contribution is 2.23. The summed E-state index contributed by atoms with van der Waals surface area (Å²) in [5, 5.41) is 0. The predicted molar refractivity (Wildman–Crippen MR) is 59.1 cm³/mol. The lowest BCUT2D eigenvalue weighted by atomic mass is 10.1. The average molecular weight is 234 g/mol. The zero-order chi connectivity index (χ0) is 12.8. The number of nitrogens with two attached hydrogens (primary N) is 1. The van der Waals surface area contributed by atoms with Crippen LogP contribution in [0.2, 0.25) is 0 Å². The summed E-state index contributed by atoms with van der Waals surface area (Å²) >= 11 is 0. The summed E-state index contributed by atoms with van der Waals surface area (Å²) in [6, 6.07) is 2.77. The molecule has 5 heteroatoms. The number of alkyl halides is 3. The second-order valence-electron chi connectivity index (χ2n) is 2.99. The van der Waals surface area contributed by atoms with E-state index in [1.165, 1.54) is 12.1 Å². The summed E-state index contributed by atoms with van der Waals surface area (Å²) in [4.78, 5) is 3.85. The van der Waals surface area contributed by atoms with Crippen LogP contribution in [0.25, 0.3) is 0 Å². The lowest BCUT2D eigenvalue weighted by Crippen LogP contribution is -2.14. The van der Waals surface area contributed by atoms with E-state index in [0.29, 0.717) is 12.1 Å². The Balaban J connectivity index is 0.00000106. The number of anilines is 1. The van der Waals surface area contributed by atoms with E-state index < -0.39 is 12.6 Å². The van der Waals surface area contributed by atoms with Gasteiger partial charge in [0.15, 0.2) is 0 Å². The van der Waals surface area contributed by atoms with Gasteiger partial charge in [-0.1, -0.05) is 26.8 Å². The van der Waals surface area contributed by atoms with Crippen molar-refractivity contribution in [2.75, 3.05) is 5.73 Å². The lowest BCUT2D eigenvalue weighted by Gasteiger charge is -2.10. The van der Waals surface area contributed by atoms with Crippen LogP contribution in [-0.2, 0) is 12.8 Å². The van der Waals surface area contributed by atoms with Gasteiger partial charge in [0, 0.05) is 5.69 Å². The molecule has 1 aromatic rings. The van der Waals surface area contributed by atoms with Gasteiger partial charge in [0.25, 0.3) is 0 Å². The van der Waals surface area contributed by atoms with E-state index in [4.69, 9.17) is 5.73 Å². The fourth-order valence-corrected chi connectivity index (χ4v) is 1.23. The Morgan fingerprint density at radius 2 is 1.81 bits per heavy atom. The Morgan fingerprint density at radius 3 is 2.25 bits per heavy atom. The molecule has 0 atom stereocenters. The van der Waals surface area contributed by atoms with Crippen LogP contribution in [0.5, 0.6) is 0 Å². The van der Waals surface area contributed by atoms with Crippen molar-refractivity contribution in [2.24, 2.45) is 0 Å². The summed E-state index contributed by atoms with van der Waals surface area (Å²) in [6.45, 7) is 5.75. The van der Waals surface area contributed by atoms with Crippen LogP contribution in [0, 0.1) is 0 Å². The van der Waals surface area contributed by atoms with Gasteiger partial charge in [-0.2, -0.15) is 13.2 Å². The second-order valence-corrected chi connectivity index (χ2v) is 2.99. The number of pyridine rings is 1. The maximum absolute atomic E-state index is 12.1. The fraction of sp³-hybridized carbons (Fsp3) is 0.545. The van der Waals surface area contributed by atoms with Crippen LogP contribution in [0.3, 0.4) is 0 Å². The number of rotatable bonds is 2. The van der Waals surface area contributed by atoms with E-state index in [1.807, 2.05) is 13.8 Å². The van der Waals surface area contributed by atoms with E-state index >= 15 is 0 Å². The maximum Gasteiger partial charge on any atom is 0.393 e. The molecule has 0 unspecified atom stereocenters. The van der Waals surface area contributed by atoms with E-state index in [9.17, 15) is 13.2 Å². The van der Waals surface area contributed by atoms with E-state index in [0.717, 1.165) is 0 Å². The van der Waals surface area contributed by atoms with Crippen LogP contribution >= 0.6 is 0 Å². The highest BCUT2D eigenvalue weighted by Gasteiger charge is 2.28. The predicted octanol–water partition coefficient (Wildman–Crippen LogP) is 3.36. The summed E-state index contributed by atoms with van der Waals surface area (Å²) in [5.41, 5.74) is 6.00. The standard InChI is InChI=1S/C9H11F3N2.C2H6/c1-2-7-6(5-9(10,11)12)3-4-8(13)14-7;1-2/h3-4H,2,5H2,1H3,(H2,13,14);1-2H3. The number of halogens is 3. The number of nitrogen functional groups attached to an aromatic ring is 1. The van der Waals surface area contributed by atoms with Gasteiger partial charge in [0.1, 0.15) is 5.82 Å². The van der Waals surface area contributed by atoms with Crippen LogP contribution < -0.4 is 5.73 Å². The molecule has 0 amide bonds. The molecule has 0 spiro atoms. The minimum Gasteiger partial charge on any atom is -0.384 e. The zero-order valence-corrected chi connectivity index (χ0v) is 9.73. The zero-order valence-electron chi connectivity index (χ0n) is 9.73. The first-order valence-corrected chi connectivity index (χ1v) is 5.23. The molecule has 0 saturated heterocycles. The second kappa shape index (κ2) is 6.35. The molecule has 0 aliphatic rings. The van der Waals surface area contributed by atoms with Crippen molar-refractivity contribution in [3.63, 3.8) is 0 Å². The Kier molecular flexibility index (Phi) is 5.85. The smallest absolute Gasteiger partial charge is 0.384 e. The molecule has 0 aromatic carbocycles. The first-order chi connectivity index (χ1) is 7.42. The summed E-state index contributed by atoms with van der Waals surface area (Å²) in [5.74, 6) is 0.257. The van der Waals surface area contributed by atoms with Gasteiger partial charge in [-0.15, -0.1) is 0 Å². The molecule has 92 valence electrons. The third kappa shape index (κ3) is 5.00. The molecule has 2 nitrogen and oxygen atoms in total. The molecule has 1 aromatic heterocycles. The fourth-order valence-electron chi connectivity index (χ4n) is 1.23. The van der Waals surface area contributed by atoms with Gasteiger partial charge in [-0.25, -0.2) is 4.98 Å². The van der Waals surface area contributed by atoms with Crippen molar-refractivity contribution >= 4 is 5.82 Å². The third-order valence-electron chi connectivity index (χ3n) is 1.82. The van der Waals surface area contributed by atoms with Gasteiger partial charge in [0.05, 0.1) is 6.42 Å². The van der Waals surface area contributed by atoms with Gasteiger partial charge in [-0.3, -0.25) is 0 Å². The topological polar surface area (TPSA) is 38.9 Å². The van der Waals surface area contributed by atoms with Crippen molar-refractivity contribution in [1.82, 2.24) is 4.98 Å². The monoisotopic (exact) mass is 234 g/mol. The van der Waals surface area contributed by atoms with E-state index in [2.05, 4.69) is 4.98 Å². The summed E-state index contributed by atoms with van der Waals surface area (Å²) < 4.78 is 36.3. The molecule has 1 heterocycles. The summed E-state index contributed by atoms with van der Waals surface area (Å²) in [7, 11) is 0. The lowest BCUT2D eigenvalue weighted by molar-refractivity contribution is -0.127. The first kappa shape index (κ1) is 14.7. The van der Waals surface area contributed by atoms with E-state index in [-0.39, 0.29) is 11.4 Å². The number of aromatic nitrogens is 1. The van der Waals surface area contributed by atoms with Gasteiger partial charge >= 0.3 is 6.18 Å². The molecule has 0 radical (unpaired) electrons. The molecular formula is C11H17F3N2. The van der Waals surface area contributed by atoms with Gasteiger partial charge < -0.3 is 5.73 Å². The van der Waals surface area contributed by atoms with Gasteiger partial charge in [0.2, 0.25) is 0 Å². The average Bonchev–Trinajstić information content (AvgIpc) is 2.22. The van der Waals surface area contributed by atoms with Crippen molar-refractivity contribution in [3.8, 4) is 0 Å². The van der Waals surface area contributed by atoms with Gasteiger partial charge in [-0.05, 0) is 18.1 Å². The molecule has 1 rings (SSSR count).